The molecule has 28 heavy (non-hydrogen) atoms. The Balaban J connectivity index is 3.62. The quantitative estimate of drug-likeness (QED) is 0.136. The van der Waals surface area contributed by atoms with Gasteiger partial charge in [0.05, 0.1) is 18.9 Å². The Hall–Kier alpha value is -1.32. The topological polar surface area (TPSA) is 63.6 Å². The van der Waals surface area contributed by atoms with E-state index in [1.165, 1.54) is 57.8 Å². The number of rotatable bonds is 20. The average Bonchev–Trinajstić information content (AvgIpc) is 2.67. The van der Waals surface area contributed by atoms with E-state index in [4.69, 9.17) is 9.84 Å². The van der Waals surface area contributed by atoms with Crippen LogP contribution < -0.4 is 0 Å². The van der Waals surface area contributed by atoms with Crippen LogP contribution in [0.25, 0.3) is 0 Å². The van der Waals surface area contributed by atoms with Crippen molar-refractivity contribution < 1.29 is 19.4 Å². The van der Waals surface area contributed by atoms with Crippen molar-refractivity contribution in [3.8, 4) is 0 Å². The van der Waals surface area contributed by atoms with Gasteiger partial charge in [0.1, 0.15) is 0 Å². The van der Waals surface area contributed by atoms with Crippen molar-refractivity contribution in [1.29, 1.82) is 0 Å². The highest BCUT2D eigenvalue weighted by molar-refractivity contribution is 5.79. The van der Waals surface area contributed by atoms with Gasteiger partial charge in [0, 0.05) is 0 Å². The maximum absolute atomic E-state index is 11.9. The highest BCUT2D eigenvalue weighted by Crippen LogP contribution is 2.17. The van der Waals surface area contributed by atoms with Crippen LogP contribution in [-0.4, -0.2) is 23.7 Å². The molecule has 0 rings (SSSR count). The lowest BCUT2D eigenvalue weighted by Crippen LogP contribution is -2.21. The number of esters is 1. The van der Waals surface area contributed by atoms with E-state index >= 15 is 0 Å². The van der Waals surface area contributed by atoms with Gasteiger partial charge >= 0.3 is 11.9 Å². The number of allylic oxidation sites excluding steroid dienone is 2. The summed E-state index contributed by atoms with van der Waals surface area (Å²) in [5, 5.41) is 8.97. The van der Waals surface area contributed by atoms with Gasteiger partial charge < -0.3 is 9.84 Å². The largest absolute Gasteiger partial charge is 0.481 e. The maximum atomic E-state index is 11.9. The molecule has 0 aliphatic rings. The van der Waals surface area contributed by atoms with E-state index in [1.807, 2.05) is 6.92 Å². The molecular weight excluding hydrogens is 352 g/mol. The summed E-state index contributed by atoms with van der Waals surface area (Å²) in [5.74, 6) is -1.78. The van der Waals surface area contributed by atoms with E-state index in [9.17, 15) is 9.59 Å². The van der Waals surface area contributed by atoms with Gasteiger partial charge in [-0.15, -0.1) is 0 Å². The second-order valence-corrected chi connectivity index (χ2v) is 7.84. The molecule has 164 valence electrons. The number of carboxylic acid groups (broad SMARTS) is 1. The first-order chi connectivity index (χ1) is 13.6. The van der Waals surface area contributed by atoms with Gasteiger partial charge in [-0.1, -0.05) is 83.8 Å². The molecule has 0 heterocycles. The predicted octanol–water partition coefficient (Wildman–Crippen LogP) is 7.07. The van der Waals surface area contributed by atoms with Gasteiger partial charge in [0.2, 0.25) is 0 Å². The molecule has 1 atom stereocenters. The fourth-order valence-electron chi connectivity index (χ4n) is 3.30. The van der Waals surface area contributed by atoms with E-state index < -0.39 is 11.9 Å². The van der Waals surface area contributed by atoms with Gasteiger partial charge in [-0.2, -0.15) is 0 Å². The Morgan fingerprint density at radius 3 is 1.86 bits per heavy atom. The van der Waals surface area contributed by atoms with Crippen LogP contribution in [0.1, 0.15) is 117 Å². The Morgan fingerprint density at radius 1 is 0.786 bits per heavy atom. The number of hydrogen-bond donors (Lipinski definition) is 1. The van der Waals surface area contributed by atoms with Gasteiger partial charge in [-0.25, -0.2) is 0 Å². The van der Waals surface area contributed by atoms with Crippen molar-refractivity contribution in [2.24, 2.45) is 5.92 Å². The molecule has 0 saturated carbocycles. The van der Waals surface area contributed by atoms with Gasteiger partial charge in [-0.3, -0.25) is 9.59 Å². The summed E-state index contributed by atoms with van der Waals surface area (Å²) in [6.07, 6.45) is 21.9. The minimum absolute atomic E-state index is 0.124. The lowest BCUT2D eigenvalue weighted by atomic mass is 9.97. The molecule has 0 aromatic heterocycles. The van der Waals surface area contributed by atoms with Gasteiger partial charge in [0.25, 0.3) is 0 Å². The number of carbonyl (C=O) groups excluding carboxylic acids is 1. The monoisotopic (exact) mass is 396 g/mol. The molecule has 0 aromatic carbocycles. The summed E-state index contributed by atoms with van der Waals surface area (Å²) < 4.78 is 5.12. The Labute approximate surface area is 173 Å². The van der Waals surface area contributed by atoms with Crippen LogP contribution in [0.2, 0.25) is 0 Å². The van der Waals surface area contributed by atoms with Crippen LogP contribution in [0.5, 0.6) is 0 Å². The predicted molar refractivity (Wildman–Crippen MR) is 116 cm³/mol. The highest BCUT2D eigenvalue weighted by atomic mass is 16.5. The van der Waals surface area contributed by atoms with Crippen molar-refractivity contribution >= 4 is 11.9 Å². The second-order valence-electron chi connectivity index (χ2n) is 7.84. The summed E-state index contributed by atoms with van der Waals surface area (Å²) in [6, 6.07) is 0. The van der Waals surface area contributed by atoms with Crippen LogP contribution in [0.4, 0.5) is 0 Å². The molecule has 0 aliphatic heterocycles. The van der Waals surface area contributed by atoms with Crippen LogP contribution >= 0.6 is 0 Å². The number of carbonyl (C=O) groups is 2. The fraction of sp³-hybridized carbons (Fsp3) is 0.833. The summed E-state index contributed by atoms with van der Waals surface area (Å²) in [7, 11) is 0. The van der Waals surface area contributed by atoms with E-state index in [-0.39, 0.29) is 12.4 Å². The molecule has 0 spiro atoms. The maximum Gasteiger partial charge on any atom is 0.309 e. The third-order valence-electron chi connectivity index (χ3n) is 5.02. The molecule has 1 N–H and O–H groups in total. The van der Waals surface area contributed by atoms with Crippen molar-refractivity contribution in [3.63, 3.8) is 0 Å². The first-order valence-electron chi connectivity index (χ1n) is 11.6. The molecule has 0 aliphatic carbocycles. The average molecular weight is 397 g/mol. The van der Waals surface area contributed by atoms with Gasteiger partial charge in [-0.05, 0) is 38.5 Å². The number of hydrogen-bond acceptors (Lipinski definition) is 3. The SMILES string of the molecule is CCCCCCCCCC/C=C/CCCCCC(CC(=O)O)C(=O)OCCC. The van der Waals surface area contributed by atoms with Crippen LogP contribution in [0.15, 0.2) is 12.2 Å². The van der Waals surface area contributed by atoms with E-state index in [0.717, 1.165) is 32.1 Å². The van der Waals surface area contributed by atoms with E-state index in [2.05, 4.69) is 19.1 Å². The normalized spacial score (nSPS) is 12.4. The first kappa shape index (κ1) is 26.7. The summed E-state index contributed by atoms with van der Waals surface area (Å²) >= 11 is 0. The molecule has 0 saturated heterocycles. The van der Waals surface area contributed by atoms with Crippen molar-refractivity contribution in [2.45, 2.75) is 117 Å². The Kier molecular flexibility index (Phi) is 19.5. The number of unbranched alkanes of at least 4 members (excludes halogenated alkanes) is 11. The third kappa shape index (κ3) is 18.1. The summed E-state index contributed by atoms with van der Waals surface area (Å²) in [5.41, 5.74) is 0. The molecule has 4 heteroatoms. The Bertz CT molecular complexity index is 403. The molecule has 0 bridgehead atoms. The summed E-state index contributed by atoms with van der Waals surface area (Å²) in [4.78, 5) is 22.9. The molecule has 0 amide bonds. The van der Waals surface area contributed by atoms with Crippen LogP contribution in [0, 0.1) is 5.92 Å². The van der Waals surface area contributed by atoms with Crippen molar-refractivity contribution in [3.05, 3.63) is 12.2 Å². The Morgan fingerprint density at radius 2 is 1.32 bits per heavy atom. The number of ether oxygens (including phenoxy) is 1. The third-order valence-corrected chi connectivity index (χ3v) is 5.02. The smallest absolute Gasteiger partial charge is 0.309 e. The molecule has 0 fully saturated rings. The standard InChI is InChI=1S/C24H44O4/c1-3-5-6-7-8-9-10-11-12-13-14-15-16-17-18-19-22(21-23(25)26)24(27)28-20-4-2/h13-14,22H,3-12,15-21H2,1-2H3,(H,25,26)/b14-13+. The lowest BCUT2D eigenvalue weighted by molar-refractivity contribution is -0.153. The minimum atomic E-state index is -0.928. The van der Waals surface area contributed by atoms with Crippen LogP contribution in [-0.2, 0) is 14.3 Å². The van der Waals surface area contributed by atoms with Crippen molar-refractivity contribution in [1.82, 2.24) is 0 Å². The molecule has 1 unspecified atom stereocenters. The number of carboxylic acids is 1. The molecule has 0 radical (unpaired) electrons. The zero-order valence-corrected chi connectivity index (χ0v) is 18.4. The van der Waals surface area contributed by atoms with Crippen LogP contribution in [0.3, 0.4) is 0 Å². The highest BCUT2D eigenvalue weighted by Gasteiger charge is 2.22. The van der Waals surface area contributed by atoms with E-state index in [0.29, 0.717) is 13.0 Å². The lowest BCUT2D eigenvalue weighted by Gasteiger charge is -2.13. The second kappa shape index (κ2) is 20.4. The first-order valence-corrected chi connectivity index (χ1v) is 11.6. The molecular formula is C24H44O4. The molecule has 0 aromatic rings. The van der Waals surface area contributed by atoms with Gasteiger partial charge in [0.15, 0.2) is 0 Å². The zero-order valence-electron chi connectivity index (χ0n) is 18.4. The number of aliphatic carboxylic acids is 1. The van der Waals surface area contributed by atoms with E-state index in [1.54, 1.807) is 0 Å². The zero-order chi connectivity index (χ0) is 20.9. The minimum Gasteiger partial charge on any atom is -0.481 e. The van der Waals surface area contributed by atoms with Crippen molar-refractivity contribution in [2.75, 3.05) is 6.61 Å². The fourth-order valence-corrected chi connectivity index (χ4v) is 3.30. The molecule has 4 nitrogen and oxygen atoms in total. The summed E-state index contributed by atoms with van der Waals surface area (Å²) in [6.45, 7) is 4.56.